The van der Waals surface area contributed by atoms with Gasteiger partial charge in [-0.2, -0.15) is 0 Å². The van der Waals surface area contributed by atoms with Crippen LogP contribution in [-0.2, 0) is 17.8 Å². The number of allylic oxidation sites excluding steroid dienone is 1. The van der Waals surface area contributed by atoms with Crippen molar-refractivity contribution in [3.63, 3.8) is 0 Å². The lowest BCUT2D eigenvalue weighted by Gasteiger charge is -2.04. The van der Waals surface area contributed by atoms with E-state index in [-0.39, 0.29) is 0 Å². The molecule has 0 saturated heterocycles. The van der Waals surface area contributed by atoms with Crippen LogP contribution in [-0.4, -0.2) is 6.61 Å². The van der Waals surface area contributed by atoms with Crippen molar-refractivity contribution >= 4 is 0 Å². The molecule has 0 N–H and O–H groups in total. The highest BCUT2D eigenvalue weighted by Gasteiger charge is 1.94. The van der Waals surface area contributed by atoms with Gasteiger partial charge in [0, 0.05) is 0 Å². The Balaban J connectivity index is 1.73. The van der Waals surface area contributed by atoms with Gasteiger partial charge in [-0.05, 0) is 24.5 Å². The summed E-state index contributed by atoms with van der Waals surface area (Å²) in [4.78, 5) is 0. The minimum Gasteiger partial charge on any atom is -0.373 e. The molecule has 0 aliphatic carbocycles. The van der Waals surface area contributed by atoms with Gasteiger partial charge in [0.05, 0.1) is 13.2 Å². The molecule has 19 heavy (non-hydrogen) atoms. The highest BCUT2D eigenvalue weighted by molar-refractivity contribution is 5.21. The summed E-state index contributed by atoms with van der Waals surface area (Å²) in [7, 11) is 0. The molecule has 2 rings (SSSR count). The third kappa shape index (κ3) is 5.11. The number of hydrogen-bond acceptors (Lipinski definition) is 1. The van der Waals surface area contributed by atoms with Crippen LogP contribution in [0.2, 0.25) is 0 Å². The van der Waals surface area contributed by atoms with Gasteiger partial charge in [0.15, 0.2) is 0 Å². The van der Waals surface area contributed by atoms with E-state index in [1.807, 2.05) is 24.3 Å². The molecule has 0 amide bonds. The molecular formula is C18H20O. The van der Waals surface area contributed by atoms with E-state index in [0.29, 0.717) is 13.2 Å². The Morgan fingerprint density at radius 3 is 2.11 bits per heavy atom. The van der Waals surface area contributed by atoms with Gasteiger partial charge < -0.3 is 4.74 Å². The van der Waals surface area contributed by atoms with Gasteiger partial charge in [-0.3, -0.25) is 0 Å². The highest BCUT2D eigenvalue weighted by Crippen LogP contribution is 2.07. The molecule has 0 aromatic heterocycles. The lowest BCUT2D eigenvalue weighted by atomic mass is 10.1. The summed E-state index contributed by atoms with van der Waals surface area (Å²) >= 11 is 0. The molecule has 98 valence electrons. The van der Waals surface area contributed by atoms with Crippen LogP contribution >= 0.6 is 0 Å². The Morgan fingerprint density at radius 2 is 1.47 bits per heavy atom. The van der Waals surface area contributed by atoms with Gasteiger partial charge in [0.2, 0.25) is 0 Å². The fourth-order valence-corrected chi connectivity index (χ4v) is 1.94. The van der Waals surface area contributed by atoms with Gasteiger partial charge in [0.1, 0.15) is 0 Å². The van der Waals surface area contributed by atoms with E-state index >= 15 is 0 Å². The third-order valence-electron chi connectivity index (χ3n) is 2.99. The molecule has 1 nitrogen and oxygen atoms in total. The summed E-state index contributed by atoms with van der Waals surface area (Å²) in [6, 6.07) is 20.8. The van der Waals surface area contributed by atoms with E-state index in [2.05, 4.69) is 49.4 Å². The normalized spacial score (nSPS) is 11.5. The largest absolute Gasteiger partial charge is 0.373 e. The monoisotopic (exact) mass is 252 g/mol. The summed E-state index contributed by atoms with van der Waals surface area (Å²) in [5.74, 6) is 0. The van der Waals surface area contributed by atoms with E-state index in [0.717, 1.165) is 6.42 Å². The molecule has 2 aromatic rings. The molecule has 0 unspecified atom stereocenters. The average Bonchev–Trinajstić information content (AvgIpc) is 2.46. The van der Waals surface area contributed by atoms with Crippen molar-refractivity contribution in [3.8, 4) is 0 Å². The molecule has 0 radical (unpaired) electrons. The molecule has 1 heteroatoms. The van der Waals surface area contributed by atoms with Crippen molar-refractivity contribution in [2.24, 2.45) is 0 Å². The molecule has 0 spiro atoms. The third-order valence-corrected chi connectivity index (χ3v) is 2.99. The quantitative estimate of drug-likeness (QED) is 0.547. The smallest absolute Gasteiger partial charge is 0.0721 e. The van der Waals surface area contributed by atoms with Crippen LogP contribution in [0.1, 0.15) is 18.1 Å². The number of ether oxygens (including phenoxy) is 1. The Hall–Kier alpha value is -1.86. The number of hydrogen-bond donors (Lipinski definition) is 0. The predicted molar refractivity (Wildman–Crippen MR) is 80.0 cm³/mol. The fraction of sp³-hybridized carbons (Fsp3) is 0.222. The van der Waals surface area contributed by atoms with Gasteiger partial charge >= 0.3 is 0 Å². The van der Waals surface area contributed by atoms with Crippen molar-refractivity contribution < 1.29 is 4.74 Å². The molecular weight excluding hydrogens is 232 g/mol. The minimum atomic E-state index is 0.674. The van der Waals surface area contributed by atoms with Gasteiger partial charge in [-0.1, -0.05) is 72.3 Å². The number of rotatable bonds is 6. The van der Waals surface area contributed by atoms with E-state index in [1.54, 1.807) is 0 Å². The summed E-state index contributed by atoms with van der Waals surface area (Å²) in [6.45, 7) is 3.50. The van der Waals surface area contributed by atoms with Crippen molar-refractivity contribution in [2.75, 3.05) is 6.61 Å². The van der Waals surface area contributed by atoms with Crippen molar-refractivity contribution in [1.82, 2.24) is 0 Å². The molecule has 0 atom stereocenters. The first-order valence-corrected chi connectivity index (χ1v) is 6.66. The highest BCUT2D eigenvalue weighted by atomic mass is 16.5. The van der Waals surface area contributed by atoms with E-state index in [4.69, 9.17) is 4.74 Å². The van der Waals surface area contributed by atoms with Crippen LogP contribution in [0.25, 0.3) is 0 Å². The second-order valence-electron chi connectivity index (χ2n) is 4.71. The van der Waals surface area contributed by atoms with E-state index in [1.165, 1.54) is 16.7 Å². The van der Waals surface area contributed by atoms with Gasteiger partial charge in [0.25, 0.3) is 0 Å². The maximum Gasteiger partial charge on any atom is 0.0721 e. The summed E-state index contributed by atoms with van der Waals surface area (Å²) < 4.78 is 5.65. The Kier molecular flexibility index (Phi) is 5.39. The molecule has 0 fully saturated rings. The summed E-state index contributed by atoms with van der Waals surface area (Å²) in [5.41, 5.74) is 3.91. The zero-order valence-electron chi connectivity index (χ0n) is 11.4. The van der Waals surface area contributed by atoms with Crippen LogP contribution in [0.4, 0.5) is 0 Å². The Labute approximate surface area is 115 Å². The molecule has 0 bridgehead atoms. The lowest BCUT2D eigenvalue weighted by Crippen LogP contribution is -1.94. The van der Waals surface area contributed by atoms with Crippen molar-refractivity contribution in [3.05, 3.63) is 83.4 Å². The molecule has 0 aliphatic rings. The van der Waals surface area contributed by atoms with Crippen LogP contribution < -0.4 is 0 Å². The van der Waals surface area contributed by atoms with Crippen LogP contribution in [0, 0.1) is 0 Å². The zero-order chi connectivity index (χ0) is 13.3. The SMILES string of the molecule is C/C(=C\COCc1ccccc1)Cc1ccccc1. The standard InChI is InChI=1S/C18H20O/c1-16(14-17-8-4-2-5-9-17)12-13-19-15-18-10-6-3-7-11-18/h2-12H,13-15H2,1H3/b16-12+. The Bertz CT molecular complexity index is 500. The summed E-state index contributed by atoms with van der Waals surface area (Å²) in [5, 5.41) is 0. The maximum absolute atomic E-state index is 5.65. The first-order chi connectivity index (χ1) is 9.34. The average molecular weight is 252 g/mol. The predicted octanol–water partition coefficient (Wildman–Crippen LogP) is 4.39. The van der Waals surface area contributed by atoms with Gasteiger partial charge in [-0.25, -0.2) is 0 Å². The second kappa shape index (κ2) is 7.55. The summed E-state index contributed by atoms with van der Waals surface area (Å²) in [6.07, 6.45) is 3.16. The van der Waals surface area contributed by atoms with Crippen LogP contribution in [0.5, 0.6) is 0 Å². The van der Waals surface area contributed by atoms with Crippen LogP contribution in [0.3, 0.4) is 0 Å². The minimum absolute atomic E-state index is 0.674. The topological polar surface area (TPSA) is 9.23 Å². The molecule has 0 aliphatic heterocycles. The molecule has 0 saturated carbocycles. The first-order valence-electron chi connectivity index (χ1n) is 6.66. The maximum atomic E-state index is 5.65. The van der Waals surface area contributed by atoms with E-state index in [9.17, 15) is 0 Å². The fourth-order valence-electron chi connectivity index (χ4n) is 1.94. The first kappa shape index (κ1) is 13.6. The number of benzene rings is 2. The Morgan fingerprint density at radius 1 is 0.895 bits per heavy atom. The lowest BCUT2D eigenvalue weighted by molar-refractivity contribution is 0.148. The van der Waals surface area contributed by atoms with Gasteiger partial charge in [-0.15, -0.1) is 0 Å². The zero-order valence-corrected chi connectivity index (χ0v) is 11.4. The molecule has 0 heterocycles. The van der Waals surface area contributed by atoms with Crippen molar-refractivity contribution in [1.29, 1.82) is 0 Å². The van der Waals surface area contributed by atoms with Crippen LogP contribution in [0.15, 0.2) is 72.3 Å². The molecule has 2 aromatic carbocycles. The van der Waals surface area contributed by atoms with Crippen molar-refractivity contribution in [2.45, 2.75) is 20.0 Å². The second-order valence-corrected chi connectivity index (χ2v) is 4.71. The van der Waals surface area contributed by atoms with E-state index < -0.39 is 0 Å².